The van der Waals surface area contributed by atoms with E-state index in [2.05, 4.69) is 29.8 Å². The molecule has 0 radical (unpaired) electrons. The van der Waals surface area contributed by atoms with E-state index in [0.29, 0.717) is 18.7 Å². The van der Waals surface area contributed by atoms with Crippen molar-refractivity contribution in [2.24, 2.45) is 0 Å². The second-order valence-corrected chi connectivity index (χ2v) is 8.56. The number of piperazine rings is 1. The predicted octanol–water partition coefficient (Wildman–Crippen LogP) is 3.61. The summed E-state index contributed by atoms with van der Waals surface area (Å²) in [6.07, 6.45) is 4.30. The van der Waals surface area contributed by atoms with E-state index >= 15 is 0 Å². The van der Waals surface area contributed by atoms with Crippen molar-refractivity contribution in [3.8, 4) is 6.07 Å². The van der Waals surface area contributed by atoms with Crippen LogP contribution in [-0.4, -0.2) is 47.6 Å². The summed E-state index contributed by atoms with van der Waals surface area (Å²) in [7, 11) is 0. The van der Waals surface area contributed by atoms with Gasteiger partial charge in [0.25, 0.3) is 0 Å². The van der Waals surface area contributed by atoms with Crippen molar-refractivity contribution in [2.75, 3.05) is 24.6 Å². The molecule has 2 aromatic rings. The maximum Gasteiger partial charge on any atom is 0.248 e. The molecule has 1 saturated carbocycles. The van der Waals surface area contributed by atoms with Crippen LogP contribution in [0.2, 0.25) is 0 Å². The normalized spacial score (nSPS) is 22.5. The first kappa shape index (κ1) is 21.3. The molecule has 0 N–H and O–H groups in total. The van der Waals surface area contributed by atoms with Gasteiger partial charge in [-0.15, -0.1) is 0 Å². The van der Waals surface area contributed by atoms with Gasteiger partial charge in [0.15, 0.2) is 0 Å². The lowest BCUT2D eigenvalue weighted by atomic mass is 9.75. The maximum atomic E-state index is 13.3. The molecule has 2 atom stereocenters. The second-order valence-electron chi connectivity index (χ2n) is 8.56. The smallest absolute Gasteiger partial charge is 0.248 e. The van der Waals surface area contributed by atoms with E-state index in [9.17, 15) is 9.18 Å². The molecule has 6 nitrogen and oxygen atoms in total. The highest BCUT2D eigenvalue weighted by molar-refractivity contribution is 5.78. The summed E-state index contributed by atoms with van der Waals surface area (Å²) in [6.45, 7) is 5.33. The van der Waals surface area contributed by atoms with Crippen LogP contribution in [0, 0.1) is 17.1 Å². The van der Waals surface area contributed by atoms with Gasteiger partial charge in [0.1, 0.15) is 24.3 Å². The van der Waals surface area contributed by atoms with Crippen LogP contribution in [0.15, 0.2) is 42.6 Å². The van der Waals surface area contributed by atoms with Gasteiger partial charge >= 0.3 is 0 Å². The van der Waals surface area contributed by atoms with Gasteiger partial charge in [-0.05, 0) is 62.9 Å². The van der Waals surface area contributed by atoms with Gasteiger partial charge in [-0.3, -0.25) is 4.79 Å². The van der Waals surface area contributed by atoms with Gasteiger partial charge in [0.2, 0.25) is 5.91 Å². The van der Waals surface area contributed by atoms with Crippen LogP contribution in [-0.2, 0) is 15.1 Å². The minimum Gasteiger partial charge on any atom is -0.360 e. The van der Waals surface area contributed by atoms with E-state index in [-0.39, 0.29) is 30.4 Å². The molecule has 162 valence electrons. The first-order valence-electron chi connectivity index (χ1n) is 10.7. The summed E-state index contributed by atoms with van der Waals surface area (Å²) in [5.74, 6) is 0.513. The van der Waals surface area contributed by atoms with E-state index in [1.54, 1.807) is 24.4 Å². The van der Waals surface area contributed by atoms with Gasteiger partial charge < -0.3 is 14.5 Å². The van der Waals surface area contributed by atoms with Crippen molar-refractivity contribution in [1.29, 1.82) is 5.26 Å². The quantitative estimate of drug-likeness (QED) is 0.736. The fraction of sp³-hybridized carbons (Fsp3) is 0.458. The zero-order chi connectivity index (χ0) is 22.0. The number of rotatable bonds is 5. The molecular formula is C24H27FN4O2. The molecule has 2 heterocycles. The van der Waals surface area contributed by atoms with E-state index in [4.69, 9.17) is 10.00 Å². The van der Waals surface area contributed by atoms with Crippen molar-refractivity contribution in [3.63, 3.8) is 0 Å². The van der Waals surface area contributed by atoms with Crippen molar-refractivity contribution in [1.82, 2.24) is 9.88 Å². The van der Waals surface area contributed by atoms with Crippen molar-refractivity contribution >= 4 is 11.7 Å². The summed E-state index contributed by atoms with van der Waals surface area (Å²) in [6, 6.07) is 12.3. The SMILES string of the molecule is CC1CN(C(=O)COC2(c3ccc(F)cc3)CCC2)CC(C)N1c1ccc(C#N)cn1. The predicted molar refractivity (Wildman–Crippen MR) is 115 cm³/mol. The first-order chi connectivity index (χ1) is 14.9. The highest BCUT2D eigenvalue weighted by Crippen LogP contribution is 2.44. The molecule has 1 aliphatic carbocycles. The molecular weight excluding hydrogens is 395 g/mol. The Labute approximate surface area is 182 Å². The summed E-state index contributed by atoms with van der Waals surface area (Å²) < 4.78 is 19.4. The third kappa shape index (κ3) is 4.26. The number of anilines is 1. The van der Waals surface area contributed by atoms with Crippen LogP contribution < -0.4 is 4.90 Å². The lowest BCUT2D eigenvalue weighted by molar-refractivity contribution is -0.154. The Morgan fingerprint density at radius 2 is 1.87 bits per heavy atom. The zero-order valence-corrected chi connectivity index (χ0v) is 17.9. The van der Waals surface area contributed by atoms with Crippen molar-refractivity contribution < 1.29 is 13.9 Å². The zero-order valence-electron chi connectivity index (χ0n) is 17.9. The minimum atomic E-state index is -0.477. The number of halogens is 1. The summed E-state index contributed by atoms with van der Waals surface area (Å²) in [5, 5.41) is 8.98. The maximum absolute atomic E-state index is 13.3. The van der Waals surface area contributed by atoms with E-state index < -0.39 is 5.60 Å². The van der Waals surface area contributed by atoms with Crippen LogP contribution in [0.25, 0.3) is 0 Å². The fourth-order valence-corrected chi connectivity index (χ4v) is 4.64. The Hall–Kier alpha value is -2.98. The number of hydrogen-bond acceptors (Lipinski definition) is 5. The average molecular weight is 423 g/mol. The van der Waals surface area contributed by atoms with Gasteiger partial charge in [-0.1, -0.05) is 12.1 Å². The number of nitriles is 1. The third-order valence-electron chi connectivity index (χ3n) is 6.42. The number of benzene rings is 1. The molecule has 0 spiro atoms. The number of nitrogens with zero attached hydrogens (tertiary/aromatic N) is 4. The Morgan fingerprint density at radius 1 is 1.19 bits per heavy atom. The molecule has 0 bridgehead atoms. The largest absolute Gasteiger partial charge is 0.360 e. The number of pyridine rings is 1. The van der Waals surface area contributed by atoms with Crippen LogP contribution >= 0.6 is 0 Å². The monoisotopic (exact) mass is 422 g/mol. The van der Waals surface area contributed by atoms with E-state index in [1.807, 2.05) is 11.0 Å². The number of carbonyl (C=O) groups excluding carboxylic acids is 1. The van der Waals surface area contributed by atoms with Crippen molar-refractivity contribution in [3.05, 3.63) is 59.5 Å². The average Bonchev–Trinajstić information content (AvgIpc) is 2.74. The van der Waals surface area contributed by atoms with E-state index in [0.717, 1.165) is 30.6 Å². The van der Waals surface area contributed by atoms with Gasteiger partial charge in [-0.2, -0.15) is 5.26 Å². The van der Waals surface area contributed by atoms with Crippen LogP contribution in [0.4, 0.5) is 10.2 Å². The molecule has 1 aliphatic heterocycles. The minimum absolute atomic E-state index is 0.0198. The Balaban J connectivity index is 1.38. The summed E-state index contributed by atoms with van der Waals surface area (Å²) in [5.41, 5.74) is 0.988. The van der Waals surface area contributed by atoms with Gasteiger partial charge in [-0.25, -0.2) is 9.37 Å². The second kappa shape index (κ2) is 8.64. The van der Waals surface area contributed by atoms with Gasteiger partial charge in [0.05, 0.1) is 11.2 Å². The molecule has 7 heteroatoms. The van der Waals surface area contributed by atoms with Crippen LogP contribution in [0.1, 0.15) is 44.2 Å². The Kier molecular flexibility index (Phi) is 5.92. The standard InChI is InChI=1S/C24H27FN4O2/c1-17-14-28(15-18(2)29(17)22-9-4-19(12-26)13-27-22)23(30)16-31-24(10-3-11-24)20-5-7-21(25)8-6-20/h4-9,13,17-18H,3,10-11,14-16H2,1-2H3. The molecule has 1 aromatic carbocycles. The van der Waals surface area contributed by atoms with Crippen LogP contribution in [0.3, 0.4) is 0 Å². The number of amides is 1. The Bertz CT molecular complexity index is 955. The topological polar surface area (TPSA) is 69.5 Å². The number of carbonyl (C=O) groups is 1. The Morgan fingerprint density at radius 3 is 2.39 bits per heavy atom. The van der Waals surface area contributed by atoms with E-state index in [1.165, 1.54) is 12.1 Å². The first-order valence-corrected chi connectivity index (χ1v) is 10.7. The molecule has 2 aliphatic rings. The molecule has 4 rings (SSSR count). The summed E-state index contributed by atoms with van der Waals surface area (Å²) >= 11 is 0. The highest BCUT2D eigenvalue weighted by atomic mass is 19.1. The molecule has 1 amide bonds. The number of ether oxygens (including phenoxy) is 1. The fourth-order valence-electron chi connectivity index (χ4n) is 4.64. The van der Waals surface area contributed by atoms with Crippen molar-refractivity contribution in [2.45, 2.75) is 50.8 Å². The highest BCUT2D eigenvalue weighted by Gasteiger charge is 2.41. The number of hydrogen-bond donors (Lipinski definition) is 0. The lowest BCUT2D eigenvalue weighted by Crippen LogP contribution is -2.59. The molecule has 2 unspecified atom stereocenters. The van der Waals surface area contributed by atoms with Gasteiger partial charge in [0, 0.05) is 31.4 Å². The number of aromatic nitrogens is 1. The third-order valence-corrected chi connectivity index (χ3v) is 6.42. The lowest BCUT2D eigenvalue weighted by Gasteiger charge is -2.46. The molecule has 1 saturated heterocycles. The van der Waals surface area contributed by atoms with Crippen LogP contribution in [0.5, 0.6) is 0 Å². The molecule has 1 aromatic heterocycles. The molecule has 31 heavy (non-hydrogen) atoms. The summed E-state index contributed by atoms with van der Waals surface area (Å²) in [4.78, 5) is 21.4. The molecule has 2 fully saturated rings.